The number of anilines is 1. The molecule has 2 bridgehead atoms. The van der Waals surface area contributed by atoms with E-state index in [4.69, 9.17) is 0 Å². The second-order valence-electron chi connectivity index (χ2n) is 9.21. The second-order valence-corrected chi connectivity index (χ2v) is 9.21. The lowest BCUT2D eigenvalue weighted by Crippen LogP contribution is -2.49. The molecule has 3 fully saturated rings. The summed E-state index contributed by atoms with van der Waals surface area (Å²) < 4.78 is 28.1. The van der Waals surface area contributed by atoms with Gasteiger partial charge in [-0.1, -0.05) is 6.07 Å². The highest BCUT2D eigenvalue weighted by Crippen LogP contribution is 2.41. The summed E-state index contributed by atoms with van der Waals surface area (Å²) in [5, 5.41) is 25.0. The summed E-state index contributed by atoms with van der Waals surface area (Å²) in [7, 11) is 1.86. The molecule has 1 unspecified atom stereocenters. The van der Waals surface area contributed by atoms with Gasteiger partial charge < -0.3 is 20.6 Å². The van der Waals surface area contributed by atoms with Gasteiger partial charge in [0.1, 0.15) is 5.75 Å². The lowest BCUT2D eigenvalue weighted by atomic mass is 9.89. The van der Waals surface area contributed by atoms with E-state index in [1.165, 1.54) is 0 Å². The van der Waals surface area contributed by atoms with Crippen LogP contribution in [0.5, 0.6) is 5.75 Å². The first-order chi connectivity index (χ1) is 15.3. The standard InChI is InChI=1S/C23H27F2N5O2/c1-30(16-10-15-12-23(24,25)20(11-16)27-15)21-5-4-18(28-29-21)17-3-2-13(8-19(17)31)14-6-7-26-22(32)9-14/h2-5,8,14-16,20,27,31H,6-7,9-12H2,1H3,(H,26,32)/t14?,15-,16+,20+/m1/s1. The van der Waals surface area contributed by atoms with Crippen LogP contribution >= 0.6 is 0 Å². The summed E-state index contributed by atoms with van der Waals surface area (Å²) in [6, 6.07) is 8.03. The van der Waals surface area contributed by atoms with Crippen molar-refractivity contribution in [3.8, 4) is 17.0 Å². The van der Waals surface area contributed by atoms with Gasteiger partial charge in [0.2, 0.25) is 5.91 Å². The number of benzene rings is 1. The van der Waals surface area contributed by atoms with E-state index in [2.05, 4.69) is 20.8 Å². The van der Waals surface area contributed by atoms with Crippen LogP contribution in [0.3, 0.4) is 0 Å². The van der Waals surface area contributed by atoms with E-state index in [1.807, 2.05) is 24.1 Å². The number of hydrogen-bond donors (Lipinski definition) is 3. The summed E-state index contributed by atoms with van der Waals surface area (Å²) in [4.78, 5) is 13.6. The molecule has 0 spiro atoms. The Morgan fingerprint density at radius 3 is 2.72 bits per heavy atom. The lowest BCUT2D eigenvalue weighted by molar-refractivity contribution is -0.122. The molecule has 1 aromatic carbocycles. The molecular weight excluding hydrogens is 416 g/mol. The van der Waals surface area contributed by atoms with E-state index in [-0.39, 0.29) is 36.1 Å². The molecular formula is C23H27F2N5O2. The number of carbonyl (C=O) groups excluding carboxylic acids is 1. The number of piperidine rings is 2. The van der Waals surface area contributed by atoms with Gasteiger partial charge in [-0.2, -0.15) is 0 Å². The first-order valence-electron chi connectivity index (χ1n) is 11.1. The molecule has 4 atom stereocenters. The van der Waals surface area contributed by atoms with Crippen LogP contribution in [0.15, 0.2) is 30.3 Å². The zero-order valence-electron chi connectivity index (χ0n) is 17.9. The minimum absolute atomic E-state index is 0.0276. The number of alkyl halides is 2. The third kappa shape index (κ3) is 3.90. The van der Waals surface area contributed by atoms with Gasteiger partial charge in [-0.05, 0) is 55.0 Å². The number of aromatic hydroxyl groups is 1. The first-order valence-corrected chi connectivity index (χ1v) is 11.1. The number of carbonyl (C=O) groups is 1. The third-order valence-electron chi connectivity index (χ3n) is 7.11. The van der Waals surface area contributed by atoms with Gasteiger partial charge in [0.05, 0.1) is 11.7 Å². The highest BCUT2D eigenvalue weighted by molar-refractivity contribution is 5.78. The molecule has 170 valence electrons. The van der Waals surface area contributed by atoms with Crippen molar-refractivity contribution < 1.29 is 18.7 Å². The summed E-state index contributed by atoms with van der Waals surface area (Å²) >= 11 is 0. The zero-order valence-corrected chi connectivity index (χ0v) is 17.9. The van der Waals surface area contributed by atoms with Crippen LogP contribution < -0.4 is 15.5 Å². The van der Waals surface area contributed by atoms with E-state index in [0.29, 0.717) is 42.9 Å². The summed E-state index contributed by atoms with van der Waals surface area (Å²) in [6.07, 6.45) is 2.17. The van der Waals surface area contributed by atoms with Gasteiger partial charge in [-0.15, -0.1) is 10.2 Å². The van der Waals surface area contributed by atoms with Gasteiger partial charge in [-0.3, -0.25) is 4.79 Å². The number of halogens is 2. The summed E-state index contributed by atoms with van der Waals surface area (Å²) in [5.74, 6) is -1.81. The molecule has 1 aromatic heterocycles. The van der Waals surface area contributed by atoms with Crippen LogP contribution in [-0.4, -0.2) is 58.9 Å². The van der Waals surface area contributed by atoms with E-state index in [0.717, 1.165) is 12.0 Å². The largest absolute Gasteiger partial charge is 0.507 e. The maximum Gasteiger partial charge on any atom is 0.264 e. The normalized spacial score (nSPS) is 28.9. The maximum atomic E-state index is 14.0. The summed E-state index contributed by atoms with van der Waals surface area (Å²) in [6.45, 7) is 0.642. The second kappa shape index (κ2) is 7.95. The Bertz CT molecular complexity index is 1020. The van der Waals surface area contributed by atoms with Crippen LogP contribution in [-0.2, 0) is 4.79 Å². The molecule has 4 heterocycles. The van der Waals surface area contributed by atoms with E-state index in [1.54, 1.807) is 18.2 Å². The van der Waals surface area contributed by atoms with Gasteiger partial charge in [0, 0.05) is 44.1 Å². The number of amides is 1. The highest BCUT2D eigenvalue weighted by Gasteiger charge is 2.53. The molecule has 3 saturated heterocycles. The van der Waals surface area contributed by atoms with Crippen molar-refractivity contribution in [2.45, 2.75) is 62.1 Å². The Hall–Kier alpha value is -2.81. The molecule has 0 saturated carbocycles. The van der Waals surface area contributed by atoms with Gasteiger partial charge in [-0.25, -0.2) is 8.78 Å². The Kier molecular flexibility index (Phi) is 5.23. The Balaban J connectivity index is 1.30. The zero-order chi connectivity index (χ0) is 22.5. The maximum absolute atomic E-state index is 14.0. The van der Waals surface area contributed by atoms with Crippen LogP contribution in [0.25, 0.3) is 11.3 Å². The fourth-order valence-corrected chi connectivity index (χ4v) is 5.27. The molecule has 32 heavy (non-hydrogen) atoms. The van der Waals surface area contributed by atoms with Crippen LogP contribution in [0.2, 0.25) is 0 Å². The van der Waals surface area contributed by atoms with Gasteiger partial charge >= 0.3 is 0 Å². The fourth-order valence-electron chi connectivity index (χ4n) is 5.27. The number of hydrogen-bond acceptors (Lipinski definition) is 6. The molecule has 3 aliphatic rings. The molecule has 9 heteroatoms. The number of fused-ring (bicyclic) bond motifs is 2. The minimum Gasteiger partial charge on any atom is -0.507 e. The minimum atomic E-state index is -2.65. The molecule has 0 radical (unpaired) electrons. The fraction of sp³-hybridized carbons (Fsp3) is 0.522. The van der Waals surface area contributed by atoms with Crippen molar-refractivity contribution in [3.63, 3.8) is 0 Å². The van der Waals surface area contributed by atoms with E-state index >= 15 is 0 Å². The predicted octanol–water partition coefficient (Wildman–Crippen LogP) is 2.81. The SMILES string of the molecule is CN(c1ccc(-c2ccc(C3CCNC(=O)C3)cc2O)nn1)[C@H]1C[C@@H]2CC(F)(F)[C@H](C1)N2. The van der Waals surface area contributed by atoms with Crippen LogP contribution in [0.4, 0.5) is 14.6 Å². The van der Waals surface area contributed by atoms with Gasteiger partial charge in [0.15, 0.2) is 5.82 Å². The monoisotopic (exact) mass is 443 g/mol. The van der Waals surface area contributed by atoms with Crippen molar-refractivity contribution in [2.24, 2.45) is 0 Å². The molecule has 1 amide bonds. The van der Waals surface area contributed by atoms with Crippen molar-refractivity contribution in [2.75, 3.05) is 18.5 Å². The van der Waals surface area contributed by atoms with Crippen LogP contribution in [0.1, 0.15) is 43.6 Å². The first kappa shape index (κ1) is 21.1. The van der Waals surface area contributed by atoms with E-state index < -0.39 is 12.0 Å². The van der Waals surface area contributed by atoms with Crippen molar-refractivity contribution in [1.29, 1.82) is 0 Å². The number of nitrogens with zero attached hydrogens (tertiary/aromatic N) is 3. The van der Waals surface area contributed by atoms with Gasteiger partial charge in [0.25, 0.3) is 5.92 Å². The molecule has 5 rings (SSSR count). The highest BCUT2D eigenvalue weighted by atomic mass is 19.3. The average Bonchev–Trinajstić information content (AvgIpc) is 2.99. The Labute approximate surface area is 185 Å². The number of aromatic nitrogens is 2. The quantitative estimate of drug-likeness (QED) is 0.673. The smallest absolute Gasteiger partial charge is 0.264 e. The Morgan fingerprint density at radius 1 is 1.19 bits per heavy atom. The van der Waals surface area contributed by atoms with Crippen LogP contribution in [0, 0.1) is 0 Å². The topological polar surface area (TPSA) is 90.4 Å². The van der Waals surface area contributed by atoms with Crippen molar-refractivity contribution in [3.05, 3.63) is 35.9 Å². The molecule has 3 N–H and O–H groups in total. The number of rotatable bonds is 4. The number of phenolic OH excluding ortho intramolecular Hbond substituents is 1. The third-order valence-corrected chi connectivity index (χ3v) is 7.11. The lowest BCUT2D eigenvalue weighted by Gasteiger charge is -2.36. The van der Waals surface area contributed by atoms with Crippen molar-refractivity contribution >= 4 is 11.7 Å². The molecule has 0 aliphatic carbocycles. The van der Waals surface area contributed by atoms with E-state index in [9.17, 15) is 18.7 Å². The van der Waals surface area contributed by atoms with Crippen molar-refractivity contribution in [1.82, 2.24) is 20.8 Å². The predicted molar refractivity (Wildman–Crippen MR) is 116 cm³/mol. The molecule has 3 aliphatic heterocycles. The summed E-state index contributed by atoms with van der Waals surface area (Å²) in [5.41, 5.74) is 2.03. The molecule has 2 aromatic rings. The average molecular weight is 443 g/mol. The Morgan fingerprint density at radius 2 is 2.03 bits per heavy atom. The molecule has 7 nitrogen and oxygen atoms in total. The number of phenols is 1. The number of nitrogens with one attached hydrogen (secondary N) is 2.